The number of rotatable bonds is 9. The predicted octanol–water partition coefficient (Wildman–Crippen LogP) is 5.29. The van der Waals surface area contributed by atoms with Gasteiger partial charge in [-0.2, -0.15) is 0 Å². The molecule has 1 amide bonds. The first-order valence-electron chi connectivity index (χ1n) is 13.4. The molecule has 0 radical (unpaired) electrons. The fourth-order valence-electron chi connectivity index (χ4n) is 4.85. The molecule has 2 N–H and O–H groups in total. The van der Waals surface area contributed by atoms with Gasteiger partial charge in [0.05, 0.1) is 53.1 Å². The number of sulfone groups is 1. The summed E-state index contributed by atoms with van der Waals surface area (Å²) in [7, 11) is -2.07. The second kappa shape index (κ2) is 12.1. The van der Waals surface area contributed by atoms with Crippen LogP contribution in [0.1, 0.15) is 50.5 Å². The van der Waals surface area contributed by atoms with Gasteiger partial charge in [-0.05, 0) is 57.7 Å². The van der Waals surface area contributed by atoms with Crippen LogP contribution in [0.3, 0.4) is 0 Å². The Balaban J connectivity index is 1.34. The molecule has 214 valence electrons. The minimum absolute atomic E-state index is 0.0873. The average Bonchev–Trinajstić information content (AvgIpc) is 3.38. The van der Waals surface area contributed by atoms with Gasteiger partial charge in [-0.1, -0.05) is 6.07 Å². The second-order valence-electron chi connectivity index (χ2n) is 10.3. The molecule has 1 aliphatic carbocycles. The lowest BCUT2D eigenvalue weighted by molar-refractivity contribution is 0.0416. The Labute approximate surface area is 238 Å². The predicted molar refractivity (Wildman–Crippen MR) is 153 cm³/mol. The molecule has 12 heteroatoms. The van der Waals surface area contributed by atoms with Crippen molar-refractivity contribution in [3.05, 3.63) is 47.7 Å². The molecule has 5 rings (SSSR count). The molecule has 2 fully saturated rings. The smallest absolute Gasteiger partial charge is 0.407 e. The van der Waals surface area contributed by atoms with Crippen molar-refractivity contribution in [2.75, 3.05) is 25.6 Å². The summed E-state index contributed by atoms with van der Waals surface area (Å²) in [5.41, 5.74) is 1.99. The van der Waals surface area contributed by atoms with E-state index in [4.69, 9.17) is 19.2 Å². The van der Waals surface area contributed by atoms with E-state index in [1.165, 1.54) is 11.3 Å². The first-order valence-corrected chi connectivity index (χ1v) is 15.7. The second-order valence-corrected chi connectivity index (χ2v) is 13.6. The normalized spacial score (nSPS) is 19.6. The lowest BCUT2D eigenvalue weighted by atomic mass is 9.86. The van der Waals surface area contributed by atoms with E-state index in [0.29, 0.717) is 22.8 Å². The molecular formula is C28H34N4O6S2. The summed E-state index contributed by atoms with van der Waals surface area (Å²) >= 11 is 1.53. The van der Waals surface area contributed by atoms with Gasteiger partial charge < -0.3 is 24.8 Å². The number of hydrogen-bond donors (Lipinski definition) is 2. The number of carbonyl (C=O) groups is 1. The molecule has 1 saturated carbocycles. The maximum absolute atomic E-state index is 13.6. The van der Waals surface area contributed by atoms with Crippen molar-refractivity contribution < 1.29 is 27.4 Å². The molecule has 0 atom stereocenters. The van der Waals surface area contributed by atoms with Gasteiger partial charge in [-0.25, -0.2) is 23.2 Å². The van der Waals surface area contributed by atoms with E-state index in [9.17, 15) is 13.2 Å². The number of carbonyl (C=O) groups excluding carboxylic acids is 1. The molecule has 3 aromatic rings. The monoisotopic (exact) mass is 586 g/mol. The minimum atomic E-state index is -3.62. The Morgan fingerprint density at radius 3 is 2.42 bits per heavy atom. The number of ether oxygens (including phenoxy) is 3. The van der Waals surface area contributed by atoms with Crippen LogP contribution in [0.25, 0.3) is 10.4 Å². The van der Waals surface area contributed by atoms with Crippen LogP contribution in [0.4, 0.5) is 16.2 Å². The van der Waals surface area contributed by atoms with Crippen LogP contribution in [0.2, 0.25) is 0 Å². The number of anilines is 2. The molecular weight excluding hydrogens is 552 g/mol. The summed E-state index contributed by atoms with van der Waals surface area (Å²) in [6, 6.07) is 9.02. The van der Waals surface area contributed by atoms with Crippen LogP contribution in [0, 0.1) is 0 Å². The van der Waals surface area contributed by atoms with Crippen LogP contribution in [-0.2, 0) is 19.3 Å². The molecule has 1 saturated heterocycles. The Morgan fingerprint density at radius 2 is 1.80 bits per heavy atom. The van der Waals surface area contributed by atoms with Gasteiger partial charge in [0.15, 0.2) is 9.84 Å². The minimum Gasteiger partial charge on any atom is -0.481 e. The van der Waals surface area contributed by atoms with E-state index in [1.807, 2.05) is 32.0 Å². The third-order valence-corrected chi connectivity index (χ3v) is 10.4. The van der Waals surface area contributed by atoms with Gasteiger partial charge in [0.1, 0.15) is 5.25 Å². The SMILES string of the molecule is COc1ccc(Nc2ccc(-c3cnc([C@H]4CC[C@H](NC(=O)OC(C)C)CC4)s3)c(S(=O)(=O)C3COC3)c2)cn1. The van der Waals surface area contributed by atoms with E-state index >= 15 is 0 Å². The van der Waals surface area contributed by atoms with Gasteiger partial charge in [0.2, 0.25) is 5.88 Å². The number of benzene rings is 1. The lowest BCUT2D eigenvalue weighted by Gasteiger charge is -2.28. The van der Waals surface area contributed by atoms with E-state index < -0.39 is 15.1 Å². The molecule has 40 heavy (non-hydrogen) atoms. The van der Waals surface area contributed by atoms with Crippen LogP contribution < -0.4 is 15.4 Å². The molecule has 0 spiro atoms. The number of pyridine rings is 1. The van der Waals surface area contributed by atoms with E-state index in [0.717, 1.165) is 35.6 Å². The maximum Gasteiger partial charge on any atom is 0.407 e. The Kier molecular flexibility index (Phi) is 8.57. The summed E-state index contributed by atoms with van der Waals surface area (Å²) in [4.78, 5) is 21.9. The van der Waals surface area contributed by atoms with Crippen molar-refractivity contribution in [3.8, 4) is 16.3 Å². The summed E-state index contributed by atoms with van der Waals surface area (Å²) in [6.07, 6.45) is 6.35. The zero-order chi connectivity index (χ0) is 28.3. The van der Waals surface area contributed by atoms with Gasteiger partial charge in [-0.3, -0.25) is 0 Å². The first-order chi connectivity index (χ1) is 19.2. The molecule has 0 bridgehead atoms. The van der Waals surface area contributed by atoms with E-state index in [-0.39, 0.29) is 42.3 Å². The van der Waals surface area contributed by atoms with Gasteiger partial charge in [0.25, 0.3) is 0 Å². The average molecular weight is 587 g/mol. The molecule has 3 heterocycles. The third kappa shape index (κ3) is 6.39. The topological polar surface area (TPSA) is 129 Å². The van der Waals surface area contributed by atoms with Crippen molar-refractivity contribution >= 4 is 38.6 Å². The number of methoxy groups -OCH3 is 1. The van der Waals surface area contributed by atoms with Gasteiger partial charge >= 0.3 is 6.09 Å². The number of alkyl carbamates (subject to hydrolysis) is 1. The first kappa shape index (κ1) is 28.3. The third-order valence-electron chi connectivity index (χ3n) is 7.10. The highest BCUT2D eigenvalue weighted by Crippen LogP contribution is 2.41. The Bertz CT molecular complexity index is 1430. The highest BCUT2D eigenvalue weighted by molar-refractivity contribution is 7.92. The van der Waals surface area contributed by atoms with Crippen LogP contribution in [0.5, 0.6) is 5.88 Å². The molecule has 1 aromatic carbocycles. The Morgan fingerprint density at radius 1 is 1.05 bits per heavy atom. The molecule has 10 nitrogen and oxygen atoms in total. The van der Waals surface area contributed by atoms with Crippen LogP contribution in [-0.4, -0.2) is 62.2 Å². The summed E-state index contributed by atoms with van der Waals surface area (Å²) in [5.74, 6) is 0.759. The number of hydrogen-bond acceptors (Lipinski definition) is 10. The number of nitrogens with zero attached hydrogens (tertiary/aromatic N) is 2. The van der Waals surface area contributed by atoms with Gasteiger partial charge in [0, 0.05) is 35.5 Å². The molecule has 2 aliphatic rings. The zero-order valence-corrected chi connectivity index (χ0v) is 24.4. The van der Waals surface area contributed by atoms with E-state index in [1.54, 1.807) is 31.6 Å². The van der Waals surface area contributed by atoms with Crippen LogP contribution in [0.15, 0.2) is 47.6 Å². The number of aromatic nitrogens is 2. The number of amides is 1. The highest BCUT2D eigenvalue weighted by Gasteiger charge is 2.36. The molecule has 2 aromatic heterocycles. The number of nitrogens with one attached hydrogen (secondary N) is 2. The number of thiazole rings is 1. The largest absolute Gasteiger partial charge is 0.481 e. The fourth-order valence-corrected chi connectivity index (χ4v) is 7.73. The van der Waals surface area contributed by atoms with Gasteiger partial charge in [-0.15, -0.1) is 11.3 Å². The standard InChI is InChI=1S/C28H34N4O6S2/c1-17(2)38-28(33)32-19-6-4-18(5-7-19)27-30-14-24(39-27)23-10-8-20(31-21-9-11-26(36-3)29-13-21)12-25(23)40(34,35)22-15-37-16-22/h8-14,17-19,22,31H,4-7,15-16H2,1-3H3,(H,32,33)/t18-,19-. The van der Waals surface area contributed by atoms with Crippen molar-refractivity contribution in [1.82, 2.24) is 15.3 Å². The zero-order valence-electron chi connectivity index (χ0n) is 22.8. The Hall–Kier alpha value is -3.22. The molecule has 0 unspecified atom stereocenters. The van der Waals surface area contributed by atoms with Crippen molar-refractivity contribution in [2.24, 2.45) is 0 Å². The summed E-state index contributed by atoms with van der Waals surface area (Å²) in [5, 5.41) is 6.62. The van der Waals surface area contributed by atoms with Crippen molar-refractivity contribution in [2.45, 2.75) is 67.7 Å². The summed E-state index contributed by atoms with van der Waals surface area (Å²) < 4.78 is 42.7. The summed E-state index contributed by atoms with van der Waals surface area (Å²) in [6.45, 7) is 4.04. The quantitative estimate of drug-likeness (QED) is 0.344. The molecule has 1 aliphatic heterocycles. The van der Waals surface area contributed by atoms with E-state index in [2.05, 4.69) is 15.6 Å². The lowest BCUT2D eigenvalue weighted by Crippen LogP contribution is -2.40. The maximum atomic E-state index is 13.6. The van der Waals surface area contributed by atoms with Crippen LogP contribution >= 0.6 is 11.3 Å². The van der Waals surface area contributed by atoms with Crippen molar-refractivity contribution in [1.29, 1.82) is 0 Å². The highest BCUT2D eigenvalue weighted by atomic mass is 32.2. The fraction of sp³-hybridized carbons (Fsp3) is 0.464. The van der Waals surface area contributed by atoms with Crippen molar-refractivity contribution in [3.63, 3.8) is 0 Å².